The van der Waals surface area contributed by atoms with Crippen molar-refractivity contribution in [1.29, 1.82) is 0 Å². The van der Waals surface area contributed by atoms with Crippen molar-refractivity contribution in [3.63, 3.8) is 0 Å². The number of piperidine rings is 1. The van der Waals surface area contributed by atoms with Gasteiger partial charge in [0.05, 0.1) is 12.2 Å². The number of nitrogens with two attached hydrogens (primary N) is 1. The molecule has 3 aliphatic rings. The fourth-order valence-corrected chi connectivity index (χ4v) is 4.34. The quantitative estimate of drug-likeness (QED) is 0.859. The third kappa shape index (κ3) is 2.00. The number of anilines is 1. The summed E-state index contributed by atoms with van der Waals surface area (Å²) in [5.41, 5.74) is 9.33. The molecule has 114 valence electrons. The average molecular weight is 287 g/mol. The zero-order valence-corrected chi connectivity index (χ0v) is 12.9. The first-order valence-corrected chi connectivity index (χ1v) is 8.03. The molecule has 0 bridgehead atoms. The molecule has 1 aromatic carbocycles. The molecule has 0 spiro atoms. The zero-order chi connectivity index (χ0) is 14.7. The number of nitrogens with zero attached hydrogens (tertiary/aromatic N) is 1. The van der Waals surface area contributed by atoms with Gasteiger partial charge in [-0.25, -0.2) is 0 Å². The summed E-state index contributed by atoms with van der Waals surface area (Å²) in [6, 6.07) is 9.07. The number of benzene rings is 1. The van der Waals surface area contributed by atoms with Gasteiger partial charge in [0.15, 0.2) is 0 Å². The van der Waals surface area contributed by atoms with Crippen LogP contribution in [0.25, 0.3) is 0 Å². The average Bonchev–Trinajstić information content (AvgIpc) is 2.91. The van der Waals surface area contributed by atoms with Gasteiger partial charge in [0.25, 0.3) is 0 Å². The Morgan fingerprint density at radius 2 is 1.81 bits per heavy atom. The summed E-state index contributed by atoms with van der Waals surface area (Å²) in [6.45, 7) is 8.20. The maximum absolute atomic E-state index is 6.45. The molecule has 21 heavy (non-hydrogen) atoms. The highest BCUT2D eigenvalue weighted by atomic mass is 16.5. The van der Waals surface area contributed by atoms with Crippen LogP contribution < -0.4 is 16.0 Å². The van der Waals surface area contributed by atoms with E-state index in [-0.39, 0.29) is 11.0 Å². The predicted molar refractivity (Wildman–Crippen MR) is 84.7 cm³/mol. The highest BCUT2D eigenvalue weighted by molar-refractivity contribution is 5.53. The van der Waals surface area contributed by atoms with E-state index in [1.165, 1.54) is 11.3 Å². The number of morpholine rings is 1. The molecule has 0 aromatic heterocycles. The van der Waals surface area contributed by atoms with Crippen LogP contribution in [0, 0.1) is 0 Å². The van der Waals surface area contributed by atoms with Gasteiger partial charge in [0.2, 0.25) is 0 Å². The minimum Gasteiger partial charge on any atom is -0.372 e. The first-order valence-electron chi connectivity index (χ1n) is 8.03. The van der Waals surface area contributed by atoms with Crippen LogP contribution in [0.5, 0.6) is 0 Å². The van der Waals surface area contributed by atoms with Gasteiger partial charge < -0.3 is 20.7 Å². The second kappa shape index (κ2) is 4.45. The molecule has 2 saturated heterocycles. The number of fused-ring (bicyclic) bond motifs is 1. The van der Waals surface area contributed by atoms with Crippen molar-refractivity contribution < 1.29 is 4.74 Å². The third-order valence-corrected chi connectivity index (χ3v) is 5.52. The first kappa shape index (κ1) is 13.6. The van der Waals surface area contributed by atoms with E-state index in [2.05, 4.69) is 48.3 Å². The molecular weight excluding hydrogens is 262 g/mol. The molecule has 2 aliphatic heterocycles. The molecule has 1 aromatic rings. The van der Waals surface area contributed by atoms with Crippen molar-refractivity contribution in [2.75, 3.05) is 31.1 Å². The SMILES string of the molecule is CC1CN(c2ccc([C@@]34CNC[C@]3(N)C4)cc2)CC(C)O1. The van der Waals surface area contributed by atoms with Gasteiger partial charge in [-0.15, -0.1) is 0 Å². The van der Waals surface area contributed by atoms with Crippen LogP contribution in [0.1, 0.15) is 25.8 Å². The topological polar surface area (TPSA) is 50.5 Å². The molecule has 0 amide bonds. The Kier molecular flexibility index (Phi) is 2.87. The Bertz CT molecular complexity index is 531. The monoisotopic (exact) mass is 287 g/mol. The highest BCUT2D eigenvalue weighted by Crippen LogP contribution is 2.58. The standard InChI is InChI=1S/C17H25N3O/c1-12-7-20(8-13(2)21-12)15-5-3-14(4-6-15)16-9-17(16,18)11-19-10-16/h3-6,12-13,19H,7-11,18H2,1-2H3/t12?,13?,16-,17-/m1/s1. The zero-order valence-electron chi connectivity index (χ0n) is 12.9. The van der Waals surface area contributed by atoms with E-state index in [0.717, 1.165) is 32.6 Å². The molecule has 0 radical (unpaired) electrons. The van der Waals surface area contributed by atoms with E-state index in [0.29, 0.717) is 12.2 Å². The van der Waals surface area contributed by atoms with Crippen molar-refractivity contribution >= 4 is 5.69 Å². The molecule has 2 heterocycles. The molecule has 4 rings (SSSR count). The second-order valence-electron chi connectivity index (χ2n) is 7.23. The first-order chi connectivity index (χ1) is 10.0. The molecule has 1 saturated carbocycles. The Labute approximate surface area is 126 Å². The number of ether oxygens (including phenoxy) is 1. The van der Waals surface area contributed by atoms with Gasteiger partial charge in [-0.1, -0.05) is 12.1 Å². The van der Waals surface area contributed by atoms with Crippen molar-refractivity contribution in [3.05, 3.63) is 29.8 Å². The Hall–Kier alpha value is -1.10. The molecule has 4 atom stereocenters. The summed E-state index contributed by atoms with van der Waals surface area (Å²) in [5.74, 6) is 0. The normalized spacial score (nSPS) is 42.0. The van der Waals surface area contributed by atoms with E-state index >= 15 is 0 Å². The number of rotatable bonds is 2. The van der Waals surface area contributed by atoms with Crippen molar-refractivity contribution in [1.82, 2.24) is 5.32 Å². The van der Waals surface area contributed by atoms with E-state index in [9.17, 15) is 0 Å². The molecule has 4 nitrogen and oxygen atoms in total. The van der Waals surface area contributed by atoms with Crippen LogP contribution in [0.2, 0.25) is 0 Å². The van der Waals surface area contributed by atoms with Crippen LogP contribution in [-0.4, -0.2) is 43.9 Å². The molecule has 2 unspecified atom stereocenters. The van der Waals surface area contributed by atoms with E-state index in [4.69, 9.17) is 10.5 Å². The van der Waals surface area contributed by atoms with E-state index < -0.39 is 0 Å². The lowest BCUT2D eigenvalue weighted by Gasteiger charge is -2.37. The lowest BCUT2D eigenvalue weighted by molar-refractivity contribution is -0.00521. The number of hydrogen-bond donors (Lipinski definition) is 2. The molecule has 4 heteroatoms. The second-order valence-corrected chi connectivity index (χ2v) is 7.23. The van der Waals surface area contributed by atoms with E-state index in [1.54, 1.807) is 0 Å². The lowest BCUT2D eigenvalue weighted by atomic mass is 9.93. The summed E-state index contributed by atoms with van der Waals surface area (Å²) < 4.78 is 5.81. The van der Waals surface area contributed by atoms with Crippen molar-refractivity contribution in [2.24, 2.45) is 5.73 Å². The Balaban J connectivity index is 1.55. The molecule has 3 fully saturated rings. The summed E-state index contributed by atoms with van der Waals surface area (Å²) in [7, 11) is 0. The summed E-state index contributed by atoms with van der Waals surface area (Å²) in [6.07, 6.45) is 1.72. The molecule has 1 aliphatic carbocycles. The van der Waals surface area contributed by atoms with Crippen LogP contribution in [0.15, 0.2) is 24.3 Å². The Morgan fingerprint density at radius 3 is 2.33 bits per heavy atom. The summed E-state index contributed by atoms with van der Waals surface area (Å²) in [5, 5.41) is 3.44. The van der Waals surface area contributed by atoms with Gasteiger partial charge in [-0.2, -0.15) is 0 Å². The smallest absolute Gasteiger partial charge is 0.0726 e. The third-order valence-electron chi connectivity index (χ3n) is 5.52. The van der Waals surface area contributed by atoms with Gasteiger partial charge in [0.1, 0.15) is 0 Å². The molecular formula is C17H25N3O. The predicted octanol–water partition coefficient (Wildman–Crippen LogP) is 1.24. The minimum atomic E-state index is -0.00346. The fraction of sp³-hybridized carbons (Fsp3) is 0.647. The summed E-state index contributed by atoms with van der Waals surface area (Å²) >= 11 is 0. The van der Waals surface area contributed by atoms with Crippen LogP contribution in [0.4, 0.5) is 5.69 Å². The molecule has 3 N–H and O–H groups in total. The Morgan fingerprint density at radius 1 is 1.14 bits per heavy atom. The maximum atomic E-state index is 6.45. The number of hydrogen-bond acceptors (Lipinski definition) is 4. The maximum Gasteiger partial charge on any atom is 0.0726 e. The van der Waals surface area contributed by atoms with Gasteiger partial charge in [-0.3, -0.25) is 0 Å². The van der Waals surface area contributed by atoms with Crippen LogP contribution in [0.3, 0.4) is 0 Å². The fourth-order valence-electron chi connectivity index (χ4n) is 4.34. The van der Waals surface area contributed by atoms with E-state index in [1.807, 2.05) is 0 Å². The largest absolute Gasteiger partial charge is 0.372 e. The highest BCUT2D eigenvalue weighted by Gasteiger charge is 2.68. The van der Waals surface area contributed by atoms with Crippen molar-refractivity contribution in [2.45, 2.75) is 43.4 Å². The van der Waals surface area contributed by atoms with Gasteiger partial charge in [0, 0.05) is 42.8 Å². The minimum absolute atomic E-state index is 0.00346. The van der Waals surface area contributed by atoms with Crippen LogP contribution >= 0.6 is 0 Å². The number of nitrogens with one attached hydrogen (secondary N) is 1. The van der Waals surface area contributed by atoms with Gasteiger partial charge >= 0.3 is 0 Å². The lowest BCUT2D eigenvalue weighted by Crippen LogP contribution is -2.45. The van der Waals surface area contributed by atoms with Crippen molar-refractivity contribution in [3.8, 4) is 0 Å². The van der Waals surface area contributed by atoms with Gasteiger partial charge in [-0.05, 0) is 38.0 Å². The van der Waals surface area contributed by atoms with Crippen LogP contribution in [-0.2, 0) is 10.2 Å². The summed E-state index contributed by atoms with van der Waals surface area (Å²) in [4.78, 5) is 2.43.